The average molecular weight is 301 g/mol. The van der Waals surface area contributed by atoms with Gasteiger partial charge in [-0.3, -0.25) is 9.59 Å². The van der Waals surface area contributed by atoms with Crippen molar-refractivity contribution in [2.24, 2.45) is 11.8 Å². The van der Waals surface area contributed by atoms with Crippen molar-refractivity contribution in [3.05, 3.63) is 0 Å². The van der Waals surface area contributed by atoms with Gasteiger partial charge in [-0.2, -0.15) is 0 Å². The first kappa shape index (κ1) is 17.9. The maximum absolute atomic E-state index is 12.1. The van der Waals surface area contributed by atoms with Crippen molar-refractivity contribution in [3.63, 3.8) is 0 Å². The third kappa shape index (κ3) is 6.01. The lowest BCUT2D eigenvalue weighted by atomic mass is 9.81. The Labute approximate surface area is 126 Å². The van der Waals surface area contributed by atoms with Crippen LogP contribution < -0.4 is 5.32 Å². The minimum atomic E-state index is -0.393. The Bertz CT molecular complexity index is 320. The van der Waals surface area contributed by atoms with Crippen LogP contribution in [0.2, 0.25) is 0 Å². The molecule has 0 aromatic heterocycles. The van der Waals surface area contributed by atoms with Crippen LogP contribution in [-0.2, 0) is 23.8 Å². The zero-order valence-electron chi connectivity index (χ0n) is 13.2. The minimum Gasteiger partial charge on any atom is -0.469 e. The third-order valence-electron chi connectivity index (χ3n) is 3.78. The number of hydrogen-bond donors (Lipinski definition) is 1. The number of carbonyl (C=O) groups is 2. The normalized spacial score (nSPS) is 22.1. The molecular formula is C15H27NO5. The van der Waals surface area contributed by atoms with E-state index in [0.29, 0.717) is 32.6 Å². The molecule has 0 unspecified atom stereocenters. The van der Waals surface area contributed by atoms with E-state index in [-0.39, 0.29) is 23.7 Å². The van der Waals surface area contributed by atoms with E-state index in [9.17, 15) is 9.59 Å². The number of carbonyl (C=O) groups excluding carboxylic acids is 2. The van der Waals surface area contributed by atoms with Crippen LogP contribution in [0.5, 0.6) is 0 Å². The Morgan fingerprint density at radius 1 is 1.05 bits per heavy atom. The number of hydrogen-bond acceptors (Lipinski definition) is 5. The summed E-state index contributed by atoms with van der Waals surface area (Å²) in [4.78, 5) is 23.6. The van der Waals surface area contributed by atoms with E-state index in [1.807, 2.05) is 13.8 Å². The van der Waals surface area contributed by atoms with Gasteiger partial charge in [0.1, 0.15) is 0 Å². The molecule has 0 bridgehead atoms. The Morgan fingerprint density at radius 3 is 2.05 bits per heavy atom. The van der Waals surface area contributed by atoms with E-state index in [1.165, 1.54) is 7.11 Å². The predicted octanol–water partition coefficient (Wildman–Crippen LogP) is 1.48. The standard InChI is InChI=1S/C15H27NO5/c1-4-20-13(21-5-2)10-16-14(17)11-6-8-12(9-7-11)15(18)19-3/h11-13H,4-10H2,1-3H3,(H,16,17). The molecule has 21 heavy (non-hydrogen) atoms. The van der Waals surface area contributed by atoms with Gasteiger partial charge >= 0.3 is 5.97 Å². The van der Waals surface area contributed by atoms with Crippen LogP contribution in [0.25, 0.3) is 0 Å². The van der Waals surface area contributed by atoms with E-state index < -0.39 is 6.29 Å². The van der Waals surface area contributed by atoms with E-state index in [2.05, 4.69) is 5.32 Å². The number of amides is 1. The Hall–Kier alpha value is -1.14. The van der Waals surface area contributed by atoms with Crippen LogP contribution in [0.4, 0.5) is 0 Å². The van der Waals surface area contributed by atoms with E-state index >= 15 is 0 Å². The molecule has 1 rings (SSSR count). The second kappa shape index (κ2) is 9.73. The van der Waals surface area contributed by atoms with Gasteiger partial charge < -0.3 is 19.5 Å². The highest BCUT2D eigenvalue weighted by molar-refractivity contribution is 5.79. The number of ether oxygens (including phenoxy) is 3. The summed E-state index contributed by atoms with van der Waals surface area (Å²) in [6.07, 6.45) is 2.48. The van der Waals surface area contributed by atoms with Crippen LogP contribution >= 0.6 is 0 Å². The summed E-state index contributed by atoms with van der Waals surface area (Å²) in [5.41, 5.74) is 0. The van der Waals surface area contributed by atoms with Gasteiger partial charge in [0.15, 0.2) is 6.29 Å². The monoisotopic (exact) mass is 301 g/mol. The molecule has 6 heteroatoms. The van der Waals surface area contributed by atoms with Gasteiger partial charge in [0.05, 0.1) is 19.6 Å². The maximum atomic E-state index is 12.1. The number of rotatable bonds is 8. The molecule has 1 saturated carbocycles. The summed E-state index contributed by atoms with van der Waals surface area (Å²) < 4.78 is 15.5. The predicted molar refractivity (Wildman–Crippen MR) is 77.5 cm³/mol. The van der Waals surface area contributed by atoms with Crippen molar-refractivity contribution >= 4 is 11.9 Å². The first-order valence-electron chi connectivity index (χ1n) is 7.71. The van der Waals surface area contributed by atoms with Crippen LogP contribution in [0, 0.1) is 11.8 Å². The summed E-state index contributed by atoms with van der Waals surface area (Å²) in [6, 6.07) is 0. The summed E-state index contributed by atoms with van der Waals surface area (Å²) in [6.45, 7) is 5.23. The Balaban J connectivity index is 2.31. The zero-order chi connectivity index (χ0) is 15.7. The highest BCUT2D eigenvalue weighted by Crippen LogP contribution is 2.29. The smallest absolute Gasteiger partial charge is 0.308 e. The molecule has 0 radical (unpaired) electrons. The summed E-state index contributed by atoms with van der Waals surface area (Å²) in [5, 5.41) is 2.88. The Kier molecular flexibility index (Phi) is 8.30. The second-order valence-corrected chi connectivity index (χ2v) is 5.16. The van der Waals surface area contributed by atoms with E-state index in [1.54, 1.807) is 0 Å². The van der Waals surface area contributed by atoms with Crippen molar-refractivity contribution in [1.82, 2.24) is 5.32 Å². The van der Waals surface area contributed by atoms with Gasteiger partial charge in [-0.1, -0.05) is 0 Å². The second-order valence-electron chi connectivity index (χ2n) is 5.16. The van der Waals surface area contributed by atoms with Gasteiger partial charge in [0, 0.05) is 19.1 Å². The fraction of sp³-hybridized carbons (Fsp3) is 0.867. The molecule has 1 amide bonds. The Morgan fingerprint density at radius 2 is 1.57 bits per heavy atom. The molecule has 0 aromatic rings. The molecule has 1 aliphatic carbocycles. The molecule has 0 atom stereocenters. The van der Waals surface area contributed by atoms with Crippen LogP contribution in [0.1, 0.15) is 39.5 Å². The SMILES string of the molecule is CCOC(CNC(=O)C1CCC(C(=O)OC)CC1)OCC. The highest BCUT2D eigenvalue weighted by Gasteiger charge is 2.30. The summed E-state index contributed by atoms with van der Waals surface area (Å²) in [5.74, 6) is -0.238. The van der Waals surface area contributed by atoms with Gasteiger partial charge in [-0.25, -0.2) is 0 Å². The number of methoxy groups -OCH3 is 1. The maximum Gasteiger partial charge on any atom is 0.308 e. The summed E-state index contributed by atoms with van der Waals surface area (Å²) >= 11 is 0. The molecule has 0 aliphatic heterocycles. The van der Waals surface area contributed by atoms with Gasteiger partial charge in [-0.05, 0) is 39.5 Å². The van der Waals surface area contributed by atoms with Gasteiger partial charge in [0.2, 0.25) is 5.91 Å². The molecule has 0 spiro atoms. The fourth-order valence-corrected chi connectivity index (χ4v) is 2.62. The van der Waals surface area contributed by atoms with Crippen molar-refractivity contribution in [3.8, 4) is 0 Å². The first-order chi connectivity index (χ1) is 10.1. The lowest BCUT2D eigenvalue weighted by Gasteiger charge is -2.26. The number of esters is 1. The number of nitrogens with one attached hydrogen (secondary N) is 1. The lowest BCUT2D eigenvalue weighted by molar-refractivity contribution is -0.148. The zero-order valence-corrected chi connectivity index (χ0v) is 13.2. The van der Waals surface area contributed by atoms with Crippen LogP contribution in [0.3, 0.4) is 0 Å². The fourth-order valence-electron chi connectivity index (χ4n) is 2.62. The largest absolute Gasteiger partial charge is 0.469 e. The lowest BCUT2D eigenvalue weighted by Crippen LogP contribution is -2.40. The average Bonchev–Trinajstić information content (AvgIpc) is 2.52. The molecule has 0 heterocycles. The van der Waals surface area contributed by atoms with Gasteiger partial charge in [-0.15, -0.1) is 0 Å². The van der Waals surface area contributed by atoms with E-state index in [0.717, 1.165) is 12.8 Å². The third-order valence-corrected chi connectivity index (χ3v) is 3.78. The van der Waals surface area contributed by atoms with Crippen LogP contribution in [-0.4, -0.2) is 45.0 Å². The topological polar surface area (TPSA) is 73.9 Å². The summed E-state index contributed by atoms with van der Waals surface area (Å²) in [7, 11) is 1.41. The van der Waals surface area contributed by atoms with Gasteiger partial charge in [0.25, 0.3) is 0 Å². The van der Waals surface area contributed by atoms with E-state index in [4.69, 9.17) is 14.2 Å². The van der Waals surface area contributed by atoms with Crippen LogP contribution in [0.15, 0.2) is 0 Å². The quantitative estimate of drug-likeness (QED) is 0.543. The molecule has 1 N–H and O–H groups in total. The molecule has 0 saturated heterocycles. The first-order valence-corrected chi connectivity index (χ1v) is 7.71. The van der Waals surface area contributed by atoms with Crippen molar-refractivity contribution in [2.75, 3.05) is 26.9 Å². The highest BCUT2D eigenvalue weighted by atomic mass is 16.7. The molecule has 0 aromatic carbocycles. The van der Waals surface area contributed by atoms with Crippen molar-refractivity contribution < 1.29 is 23.8 Å². The molecular weight excluding hydrogens is 274 g/mol. The molecule has 6 nitrogen and oxygen atoms in total. The molecule has 1 aliphatic rings. The molecule has 122 valence electrons. The van der Waals surface area contributed by atoms with Crippen molar-refractivity contribution in [2.45, 2.75) is 45.8 Å². The van der Waals surface area contributed by atoms with Crippen molar-refractivity contribution in [1.29, 1.82) is 0 Å². The molecule has 1 fully saturated rings. The minimum absolute atomic E-state index is 0.0164.